The van der Waals surface area contributed by atoms with Crippen LogP contribution in [0.2, 0.25) is 0 Å². The third kappa shape index (κ3) is 6.35. The number of nitrogens with zero attached hydrogens (tertiary/aromatic N) is 1. The van der Waals surface area contributed by atoms with E-state index in [1.165, 1.54) is 13.8 Å². The predicted octanol–water partition coefficient (Wildman–Crippen LogP) is -1.57. The van der Waals surface area contributed by atoms with Gasteiger partial charge in [0.15, 0.2) is 4.99 Å². The number of hydrogen-bond acceptors (Lipinski definition) is 7. The van der Waals surface area contributed by atoms with E-state index >= 15 is 0 Å². The molecule has 1 unspecified atom stereocenters. The number of rotatable bonds is 8. The molecule has 10 heteroatoms. The van der Waals surface area contributed by atoms with Gasteiger partial charge in [-0.3, -0.25) is 4.57 Å². The Morgan fingerprint density at radius 3 is 2.06 bits per heavy atom. The fraction of sp³-hybridized carbons (Fsp3) is 0.875. The average molecular weight is 291 g/mol. The first-order valence-corrected chi connectivity index (χ1v) is 8.10. The van der Waals surface area contributed by atoms with Gasteiger partial charge in [0, 0.05) is 6.42 Å². The molecule has 0 bridgehead atoms. The monoisotopic (exact) mass is 291 g/mol. The largest absolute Gasteiger partial charge is 1.00 e. The van der Waals surface area contributed by atoms with E-state index in [1.54, 1.807) is 6.07 Å². The molecule has 0 aliphatic carbocycles. The fourth-order valence-corrected chi connectivity index (χ4v) is 4.82. The normalized spacial score (nSPS) is 13.4. The Morgan fingerprint density at radius 2 is 1.78 bits per heavy atom. The van der Waals surface area contributed by atoms with Crippen molar-refractivity contribution in [3.63, 3.8) is 0 Å². The second-order valence-electron chi connectivity index (χ2n) is 3.02. The van der Waals surface area contributed by atoms with Crippen molar-refractivity contribution in [3.05, 3.63) is 0 Å². The molecule has 0 heterocycles. The molecule has 0 radical (unpaired) electrons. The van der Waals surface area contributed by atoms with Gasteiger partial charge in [-0.15, -0.1) is 0 Å². The van der Waals surface area contributed by atoms with Crippen LogP contribution in [0.15, 0.2) is 0 Å². The van der Waals surface area contributed by atoms with E-state index in [-0.39, 0.29) is 44.9 Å². The van der Waals surface area contributed by atoms with Crippen LogP contribution in [-0.4, -0.2) is 31.2 Å². The molecule has 0 saturated carbocycles. The van der Waals surface area contributed by atoms with E-state index in [9.17, 15) is 17.5 Å². The quantitative estimate of drug-likeness (QED) is 0.301. The third-order valence-electron chi connectivity index (χ3n) is 1.81. The Hall–Kier alpha value is 0.147. The zero-order valence-corrected chi connectivity index (χ0v) is 12.4. The van der Waals surface area contributed by atoms with Crippen molar-refractivity contribution >= 4 is 17.7 Å². The fourth-order valence-electron chi connectivity index (χ4n) is 1.21. The van der Waals surface area contributed by atoms with Gasteiger partial charge in [-0.2, -0.15) is 5.26 Å². The molecule has 0 spiro atoms. The molecule has 0 aliphatic heterocycles. The minimum Gasteiger partial charge on any atom is -0.747 e. The maximum Gasteiger partial charge on any atom is 1.00 e. The number of nitriles is 1. The summed E-state index contributed by atoms with van der Waals surface area (Å²) in [7, 11) is -8.89. The molecule has 0 saturated heterocycles. The van der Waals surface area contributed by atoms with Gasteiger partial charge in [0.05, 0.1) is 19.3 Å². The Labute approximate surface area is 119 Å². The van der Waals surface area contributed by atoms with Gasteiger partial charge in [-0.05, 0) is 20.3 Å². The summed E-state index contributed by atoms with van der Waals surface area (Å²) >= 11 is 0. The van der Waals surface area contributed by atoms with E-state index in [0.717, 1.165) is 0 Å². The topological polar surface area (TPSA) is 117 Å². The van der Waals surface area contributed by atoms with E-state index in [1.807, 2.05) is 0 Å². The van der Waals surface area contributed by atoms with Gasteiger partial charge in [0.2, 0.25) is 0 Å². The van der Waals surface area contributed by atoms with Gasteiger partial charge in [0.1, 0.15) is 10.1 Å². The first kappa shape index (κ1) is 20.5. The molecule has 100 valence electrons. The Kier molecular flexibility index (Phi) is 10.4. The molecule has 7 nitrogen and oxygen atoms in total. The van der Waals surface area contributed by atoms with Crippen LogP contribution < -0.4 is 18.9 Å². The van der Waals surface area contributed by atoms with Crippen LogP contribution >= 0.6 is 7.60 Å². The molecule has 0 aromatic carbocycles. The molecule has 1 atom stereocenters. The molecule has 0 aromatic rings. The van der Waals surface area contributed by atoms with Crippen LogP contribution in [0.4, 0.5) is 0 Å². The minimum absolute atomic E-state index is 0. The van der Waals surface area contributed by atoms with Crippen molar-refractivity contribution in [3.8, 4) is 6.07 Å². The maximum atomic E-state index is 12.1. The van der Waals surface area contributed by atoms with Gasteiger partial charge >= 0.3 is 26.5 Å². The zero-order chi connectivity index (χ0) is 13.5. The molecular weight excluding hydrogens is 276 g/mol. The summed E-state index contributed by atoms with van der Waals surface area (Å²) < 4.78 is 54.8. The predicted molar refractivity (Wildman–Crippen MR) is 59.2 cm³/mol. The minimum atomic E-state index is -4.85. The van der Waals surface area contributed by atoms with Crippen LogP contribution in [0.5, 0.6) is 0 Å². The molecule has 0 amide bonds. The summed E-state index contributed by atoms with van der Waals surface area (Å²) in [5.74, 6) is 0. The van der Waals surface area contributed by atoms with Crippen LogP contribution in [-0.2, 0) is 23.7 Å². The number of hydrogen-bond donors (Lipinski definition) is 0. The first-order valence-electron chi connectivity index (χ1n) is 5.02. The van der Waals surface area contributed by atoms with Crippen LogP contribution in [0.3, 0.4) is 0 Å². The molecule has 0 N–H and O–H groups in total. The van der Waals surface area contributed by atoms with Crippen LogP contribution in [0.25, 0.3) is 0 Å². The van der Waals surface area contributed by atoms with Gasteiger partial charge in [0.25, 0.3) is 0 Å². The Morgan fingerprint density at radius 1 is 1.33 bits per heavy atom. The van der Waals surface area contributed by atoms with Gasteiger partial charge in [-0.25, -0.2) is 8.42 Å². The van der Waals surface area contributed by atoms with Crippen molar-refractivity contribution in [1.29, 1.82) is 5.26 Å². The van der Waals surface area contributed by atoms with E-state index in [2.05, 4.69) is 0 Å². The van der Waals surface area contributed by atoms with E-state index in [4.69, 9.17) is 14.3 Å². The third-order valence-corrected chi connectivity index (χ3v) is 6.46. The average Bonchev–Trinajstić information content (AvgIpc) is 2.16. The first-order chi connectivity index (χ1) is 7.81. The summed E-state index contributed by atoms with van der Waals surface area (Å²) in [4.78, 5) is -1.82. The summed E-state index contributed by atoms with van der Waals surface area (Å²) in [6.07, 6.45) is -0.574. The molecule has 0 fully saturated rings. The second kappa shape index (κ2) is 9.12. The van der Waals surface area contributed by atoms with Crippen molar-refractivity contribution in [2.24, 2.45) is 0 Å². The van der Waals surface area contributed by atoms with Crippen molar-refractivity contribution in [2.45, 2.75) is 31.7 Å². The molecule has 0 aromatic heterocycles. The van der Waals surface area contributed by atoms with Crippen molar-refractivity contribution in [1.82, 2.24) is 0 Å². The molecule has 0 aliphatic rings. The standard InChI is InChI=1S/C8H16NO6PS.Li/c1-3-14-16(10,15-4-2)8(6-5-7-9)17(11,12)13;/h8H,3-6H2,1-2H3,(H,11,12,13);/q;+1/p-1. The molecular formula is C8H15LiNO6PS. The smallest absolute Gasteiger partial charge is 0.747 e. The van der Waals surface area contributed by atoms with Gasteiger partial charge < -0.3 is 13.6 Å². The van der Waals surface area contributed by atoms with Gasteiger partial charge in [-0.1, -0.05) is 0 Å². The summed E-state index contributed by atoms with van der Waals surface area (Å²) in [5, 5.41) is 8.39. The molecule has 18 heavy (non-hydrogen) atoms. The van der Waals surface area contributed by atoms with Crippen molar-refractivity contribution in [2.75, 3.05) is 13.2 Å². The van der Waals surface area contributed by atoms with Crippen LogP contribution in [0, 0.1) is 11.3 Å². The second-order valence-corrected chi connectivity index (χ2v) is 7.14. The summed E-state index contributed by atoms with van der Waals surface area (Å²) in [6.45, 7) is 2.92. The Bertz CT molecular complexity index is 410. The maximum absolute atomic E-state index is 12.1. The SMILES string of the molecule is CCOP(=O)(OCC)C(CCC#N)S(=O)(=O)[O-].[Li+]. The van der Waals surface area contributed by atoms with Crippen LogP contribution in [0.1, 0.15) is 26.7 Å². The van der Waals surface area contributed by atoms with Crippen molar-refractivity contribution < 1.29 is 45.4 Å². The Balaban J connectivity index is 0. The van der Waals surface area contributed by atoms with E-state index in [0.29, 0.717) is 0 Å². The zero-order valence-electron chi connectivity index (χ0n) is 10.7. The molecule has 0 rings (SSSR count). The summed E-state index contributed by atoms with van der Waals surface area (Å²) in [6, 6.07) is 1.69. The summed E-state index contributed by atoms with van der Waals surface area (Å²) in [5.41, 5.74) is 0. The van der Waals surface area contributed by atoms with E-state index < -0.39 is 22.7 Å².